The summed E-state index contributed by atoms with van der Waals surface area (Å²) in [6.07, 6.45) is 6.17. The largest absolute Gasteiger partial charge is 0.313 e. The van der Waals surface area contributed by atoms with Gasteiger partial charge < -0.3 is 5.32 Å². The highest BCUT2D eigenvalue weighted by Gasteiger charge is 2.32. The van der Waals surface area contributed by atoms with Crippen molar-refractivity contribution in [3.8, 4) is 0 Å². The zero-order valence-corrected chi connectivity index (χ0v) is 12.5. The molecule has 1 aliphatic carbocycles. The minimum Gasteiger partial charge on any atom is -0.313 e. The summed E-state index contributed by atoms with van der Waals surface area (Å²) in [5, 5.41) is 3.55. The van der Waals surface area contributed by atoms with Crippen LogP contribution in [0.3, 0.4) is 0 Å². The highest BCUT2D eigenvalue weighted by Crippen LogP contribution is 2.41. The van der Waals surface area contributed by atoms with Crippen molar-refractivity contribution in [3.05, 3.63) is 34.6 Å². The van der Waals surface area contributed by atoms with Crippen molar-refractivity contribution in [2.24, 2.45) is 11.8 Å². The van der Waals surface area contributed by atoms with Crippen molar-refractivity contribution in [1.29, 1.82) is 0 Å². The number of hydrogen-bond acceptors (Lipinski definition) is 1. The lowest BCUT2D eigenvalue weighted by atomic mass is 9.72. The molecule has 1 nitrogen and oxygen atoms in total. The van der Waals surface area contributed by atoms with Gasteiger partial charge in [-0.1, -0.05) is 56.3 Å². The van der Waals surface area contributed by atoms with E-state index < -0.39 is 0 Å². The van der Waals surface area contributed by atoms with Crippen molar-refractivity contribution >= 4 is 11.6 Å². The third-order valence-electron chi connectivity index (χ3n) is 4.55. The molecule has 0 aromatic heterocycles. The zero-order chi connectivity index (χ0) is 13.8. The van der Waals surface area contributed by atoms with E-state index in [0.717, 1.165) is 5.56 Å². The molecule has 0 heterocycles. The van der Waals surface area contributed by atoms with Gasteiger partial charge in [-0.3, -0.25) is 0 Å². The fourth-order valence-electron chi connectivity index (χ4n) is 3.54. The van der Waals surface area contributed by atoms with Gasteiger partial charge in [-0.05, 0) is 31.4 Å². The lowest BCUT2D eigenvalue weighted by Gasteiger charge is -2.37. The van der Waals surface area contributed by atoms with Gasteiger partial charge in [-0.15, -0.1) is 0 Å². The van der Waals surface area contributed by atoms with Gasteiger partial charge >= 0.3 is 0 Å². The van der Waals surface area contributed by atoms with E-state index in [2.05, 4.69) is 12.2 Å². The fourth-order valence-corrected chi connectivity index (χ4v) is 3.72. The molecule has 3 unspecified atom stereocenters. The summed E-state index contributed by atoms with van der Waals surface area (Å²) in [7, 11) is 1.92. The maximum absolute atomic E-state index is 14.3. The molecule has 0 saturated heterocycles. The Bertz CT molecular complexity index is 421. The van der Waals surface area contributed by atoms with Gasteiger partial charge in [0.05, 0.1) is 5.02 Å². The predicted octanol–water partition coefficient (Wildman–Crippen LogP) is 4.96. The van der Waals surface area contributed by atoms with E-state index in [0.29, 0.717) is 11.8 Å². The Morgan fingerprint density at radius 1 is 1.37 bits per heavy atom. The molecule has 1 saturated carbocycles. The Labute approximate surface area is 120 Å². The third kappa shape index (κ3) is 3.11. The van der Waals surface area contributed by atoms with Crippen molar-refractivity contribution in [1.82, 2.24) is 5.32 Å². The first kappa shape index (κ1) is 14.8. The highest BCUT2D eigenvalue weighted by atomic mass is 35.5. The second-order valence-electron chi connectivity index (χ2n) is 5.53. The van der Waals surface area contributed by atoms with Gasteiger partial charge in [0.15, 0.2) is 0 Å². The summed E-state index contributed by atoms with van der Waals surface area (Å²) in [5.74, 6) is 0.935. The van der Waals surface area contributed by atoms with Crippen LogP contribution in [-0.2, 0) is 0 Å². The molecular formula is C16H23ClFN. The summed E-state index contributed by atoms with van der Waals surface area (Å²) in [5.41, 5.74) is 0.723. The van der Waals surface area contributed by atoms with Gasteiger partial charge in [-0.2, -0.15) is 0 Å². The molecule has 1 aliphatic rings. The first-order chi connectivity index (χ1) is 9.19. The Morgan fingerprint density at radius 3 is 2.79 bits per heavy atom. The smallest absolute Gasteiger partial charge is 0.146 e. The van der Waals surface area contributed by atoms with Crippen molar-refractivity contribution in [3.63, 3.8) is 0 Å². The predicted molar refractivity (Wildman–Crippen MR) is 78.9 cm³/mol. The maximum atomic E-state index is 14.3. The van der Waals surface area contributed by atoms with E-state index in [9.17, 15) is 4.39 Å². The van der Waals surface area contributed by atoms with Crippen LogP contribution < -0.4 is 5.32 Å². The molecule has 1 fully saturated rings. The second kappa shape index (κ2) is 6.71. The van der Waals surface area contributed by atoms with Crippen LogP contribution in [0.4, 0.5) is 4.39 Å². The number of nitrogens with one attached hydrogen (secondary N) is 1. The Hall–Kier alpha value is -0.600. The maximum Gasteiger partial charge on any atom is 0.146 e. The topological polar surface area (TPSA) is 12.0 Å². The molecule has 1 aromatic rings. The first-order valence-corrected chi connectivity index (χ1v) is 7.68. The van der Waals surface area contributed by atoms with Crippen molar-refractivity contribution in [2.75, 3.05) is 7.05 Å². The van der Waals surface area contributed by atoms with Crippen molar-refractivity contribution < 1.29 is 4.39 Å². The molecular weight excluding hydrogens is 261 g/mol. The molecule has 0 amide bonds. The van der Waals surface area contributed by atoms with Crippen LogP contribution in [0, 0.1) is 17.7 Å². The lowest BCUT2D eigenvalue weighted by molar-refractivity contribution is 0.178. The molecule has 19 heavy (non-hydrogen) atoms. The van der Waals surface area contributed by atoms with Gasteiger partial charge in [0, 0.05) is 11.6 Å². The summed E-state index contributed by atoms with van der Waals surface area (Å²) in [6, 6.07) is 5.40. The summed E-state index contributed by atoms with van der Waals surface area (Å²) in [6.45, 7) is 2.24. The van der Waals surface area contributed by atoms with Gasteiger partial charge in [0.1, 0.15) is 5.82 Å². The molecule has 3 atom stereocenters. The summed E-state index contributed by atoms with van der Waals surface area (Å²) in [4.78, 5) is 0. The summed E-state index contributed by atoms with van der Waals surface area (Å²) >= 11 is 5.92. The highest BCUT2D eigenvalue weighted by molar-refractivity contribution is 6.30. The lowest BCUT2D eigenvalue weighted by Crippen LogP contribution is -2.33. The average Bonchev–Trinajstić information content (AvgIpc) is 2.45. The first-order valence-electron chi connectivity index (χ1n) is 7.30. The van der Waals surface area contributed by atoms with Crippen molar-refractivity contribution in [2.45, 2.75) is 45.1 Å². The Kier molecular flexibility index (Phi) is 5.23. The zero-order valence-electron chi connectivity index (χ0n) is 11.8. The van der Waals surface area contributed by atoms with Gasteiger partial charge in [-0.25, -0.2) is 4.39 Å². The van der Waals surface area contributed by atoms with E-state index in [4.69, 9.17) is 11.6 Å². The quantitative estimate of drug-likeness (QED) is 0.824. The molecule has 0 spiro atoms. The van der Waals surface area contributed by atoms with Crippen LogP contribution in [0.2, 0.25) is 5.02 Å². The number of rotatable bonds is 4. The van der Waals surface area contributed by atoms with Crippen LogP contribution in [0.5, 0.6) is 0 Å². The third-order valence-corrected chi connectivity index (χ3v) is 4.84. The minimum atomic E-state index is -0.260. The fraction of sp³-hybridized carbons (Fsp3) is 0.625. The normalized spacial score (nSPS) is 25.3. The standard InChI is InChI=1S/C16H23ClFN/c1-3-11-7-4-5-8-12(11)16(19-2)13-9-6-10-14(17)15(13)18/h6,9-12,16,19H,3-5,7-8H2,1-2H3. The molecule has 106 valence electrons. The molecule has 0 radical (unpaired) electrons. The SMILES string of the molecule is CCC1CCCCC1C(NC)c1cccc(Cl)c1F. The monoisotopic (exact) mass is 283 g/mol. The number of benzene rings is 1. The van der Waals surface area contributed by atoms with Crippen LogP contribution in [0.25, 0.3) is 0 Å². The van der Waals surface area contributed by atoms with Gasteiger partial charge in [0.2, 0.25) is 0 Å². The Balaban J connectivity index is 2.30. The summed E-state index contributed by atoms with van der Waals surface area (Å²) < 4.78 is 14.3. The molecule has 0 bridgehead atoms. The van der Waals surface area contributed by atoms with Crippen LogP contribution in [-0.4, -0.2) is 7.05 Å². The van der Waals surface area contributed by atoms with Crippen LogP contribution in [0.1, 0.15) is 50.6 Å². The Morgan fingerprint density at radius 2 is 2.11 bits per heavy atom. The molecule has 0 aliphatic heterocycles. The number of hydrogen-bond donors (Lipinski definition) is 1. The van der Waals surface area contributed by atoms with E-state index in [1.165, 1.54) is 32.1 Å². The van der Waals surface area contributed by atoms with E-state index >= 15 is 0 Å². The van der Waals surface area contributed by atoms with E-state index in [1.54, 1.807) is 6.07 Å². The molecule has 1 N–H and O–H groups in total. The number of halogens is 2. The van der Waals surface area contributed by atoms with E-state index in [1.807, 2.05) is 19.2 Å². The molecule has 1 aromatic carbocycles. The average molecular weight is 284 g/mol. The minimum absolute atomic E-state index is 0.0731. The molecule has 2 rings (SSSR count). The van der Waals surface area contributed by atoms with Crippen LogP contribution in [0.15, 0.2) is 18.2 Å². The second-order valence-corrected chi connectivity index (χ2v) is 5.93. The van der Waals surface area contributed by atoms with E-state index in [-0.39, 0.29) is 16.9 Å². The van der Waals surface area contributed by atoms with Crippen LogP contribution >= 0.6 is 11.6 Å². The molecule has 3 heteroatoms. The van der Waals surface area contributed by atoms with Gasteiger partial charge in [0.25, 0.3) is 0 Å².